The minimum absolute atomic E-state index is 0.366. The van der Waals surface area contributed by atoms with Crippen LogP contribution in [0.5, 0.6) is 0 Å². The lowest BCUT2D eigenvalue weighted by Crippen LogP contribution is -2.44. The smallest absolute Gasteiger partial charge is 0.0107 e. The first kappa shape index (κ1) is 10.0. The second kappa shape index (κ2) is 4.24. The molecule has 1 aliphatic heterocycles. The Morgan fingerprint density at radius 1 is 1.25 bits per heavy atom. The topological polar surface area (TPSA) is 15.3 Å². The maximum Gasteiger partial charge on any atom is 0.0107 e. The van der Waals surface area contributed by atoms with Crippen LogP contribution in [0, 0.1) is 11.8 Å². The van der Waals surface area contributed by atoms with Crippen LogP contribution in [0.1, 0.15) is 20.8 Å². The van der Waals surface area contributed by atoms with Crippen molar-refractivity contribution < 1.29 is 0 Å². The van der Waals surface area contributed by atoms with Gasteiger partial charge < -0.3 is 10.2 Å². The maximum atomic E-state index is 3.36. The van der Waals surface area contributed by atoms with Gasteiger partial charge in [0.15, 0.2) is 0 Å². The summed E-state index contributed by atoms with van der Waals surface area (Å²) in [5, 5.41) is 3.36. The minimum atomic E-state index is 0.366. The lowest BCUT2D eigenvalue weighted by atomic mass is 9.92. The van der Waals surface area contributed by atoms with Gasteiger partial charge in [0.25, 0.3) is 0 Å². The van der Waals surface area contributed by atoms with Gasteiger partial charge in [0.2, 0.25) is 0 Å². The zero-order valence-corrected chi connectivity index (χ0v) is 8.56. The highest BCUT2D eigenvalue weighted by atomic mass is 15.2. The van der Waals surface area contributed by atoms with Crippen LogP contribution >= 0.6 is 0 Å². The first-order chi connectivity index (χ1) is 5.58. The van der Waals surface area contributed by atoms with Crippen LogP contribution in [0.25, 0.3) is 0 Å². The number of nitrogens with one attached hydrogen (secondary N) is 1. The molecule has 0 bridgehead atoms. The first-order valence-electron chi connectivity index (χ1n) is 4.85. The second-order valence-corrected chi connectivity index (χ2v) is 4.62. The van der Waals surface area contributed by atoms with Crippen LogP contribution in [0.3, 0.4) is 0 Å². The molecule has 0 atom stereocenters. The fraction of sp³-hybridized carbons (Fsp3) is 0.900. The predicted molar refractivity (Wildman–Crippen MR) is 53.1 cm³/mol. The van der Waals surface area contributed by atoms with Gasteiger partial charge in [-0.1, -0.05) is 20.8 Å². The molecule has 1 fully saturated rings. The van der Waals surface area contributed by atoms with Crippen molar-refractivity contribution in [3.63, 3.8) is 0 Å². The van der Waals surface area contributed by atoms with Gasteiger partial charge in [0.05, 0.1) is 0 Å². The molecule has 0 unspecified atom stereocenters. The lowest BCUT2D eigenvalue weighted by molar-refractivity contribution is 0.242. The Balaban J connectivity index is 2.13. The van der Waals surface area contributed by atoms with Crippen LogP contribution in [0.2, 0.25) is 0 Å². The van der Waals surface area contributed by atoms with Gasteiger partial charge in [0, 0.05) is 32.7 Å². The molecule has 0 aromatic heterocycles. The molecule has 2 heteroatoms. The maximum absolute atomic E-state index is 3.36. The fourth-order valence-corrected chi connectivity index (χ4v) is 1.30. The summed E-state index contributed by atoms with van der Waals surface area (Å²) in [5.74, 6) is 0. The van der Waals surface area contributed by atoms with Crippen molar-refractivity contribution >= 4 is 0 Å². The minimum Gasteiger partial charge on any atom is -0.314 e. The van der Waals surface area contributed by atoms with Crippen molar-refractivity contribution in [2.24, 2.45) is 5.41 Å². The largest absolute Gasteiger partial charge is 0.314 e. The van der Waals surface area contributed by atoms with E-state index in [4.69, 9.17) is 0 Å². The van der Waals surface area contributed by atoms with Gasteiger partial charge in [0.1, 0.15) is 0 Å². The van der Waals surface area contributed by atoms with Gasteiger partial charge in [-0.3, -0.25) is 0 Å². The van der Waals surface area contributed by atoms with E-state index in [1.54, 1.807) is 0 Å². The molecule has 1 rings (SSSR count). The summed E-state index contributed by atoms with van der Waals surface area (Å²) in [4.78, 5) is 2.50. The summed E-state index contributed by atoms with van der Waals surface area (Å²) in [7, 11) is 0. The van der Waals surface area contributed by atoms with E-state index in [2.05, 4.69) is 37.4 Å². The Kier molecular flexibility index (Phi) is 3.53. The highest BCUT2D eigenvalue weighted by Crippen LogP contribution is 2.17. The summed E-state index contributed by atoms with van der Waals surface area (Å²) < 4.78 is 0. The monoisotopic (exact) mass is 169 g/mol. The van der Waals surface area contributed by atoms with Crippen molar-refractivity contribution in [3.8, 4) is 0 Å². The molecule has 12 heavy (non-hydrogen) atoms. The molecule has 0 aromatic rings. The molecule has 0 saturated carbocycles. The van der Waals surface area contributed by atoms with Gasteiger partial charge in [-0.2, -0.15) is 0 Å². The van der Waals surface area contributed by atoms with Gasteiger partial charge in [-0.25, -0.2) is 0 Å². The van der Waals surface area contributed by atoms with E-state index in [1.165, 1.54) is 13.1 Å². The zero-order chi connectivity index (χ0) is 9.03. The molecule has 0 aliphatic carbocycles. The summed E-state index contributed by atoms with van der Waals surface area (Å²) >= 11 is 0. The van der Waals surface area contributed by atoms with E-state index in [1.807, 2.05) is 0 Å². The third kappa shape index (κ3) is 4.07. The molecule has 1 aliphatic rings. The van der Waals surface area contributed by atoms with Crippen molar-refractivity contribution in [2.45, 2.75) is 20.8 Å². The molecule has 0 spiro atoms. The molecule has 2 nitrogen and oxygen atoms in total. The summed E-state index contributed by atoms with van der Waals surface area (Å²) in [5.41, 5.74) is 0.366. The average molecular weight is 169 g/mol. The van der Waals surface area contributed by atoms with Gasteiger partial charge in [-0.15, -0.1) is 0 Å². The van der Waals surface area contributed by atoms with E-state index in [9.17, 15) is 0 Å². The highest BCUT2D eigenvalue weighted by Gasteiger charge is 2.14. The zero-order valence-electron chi connectivity index (χ0n) is 8.56. The van der Waals surface area contributed by atoms with E-state index < -0.39 is 0 Å². The van der Waals surface area contributed by atoms with E-state index >= 15 is 0 Å². The summed E-state index contributed by atoms with van der Waals surface area (Å²) in [6.45, 7) is 12.6. The molecule has 0 amide bonds. The molecule has 0 aromatic carbocycles. The Morgan fingerprint density at radius 2 is 1.83 bits per heavy atom. The van der Waals surface area contributed by atoms with Crippen molar-refractivity contribution in [3.05, 3.63) is 6.42 Å². The number of piperazine rings is 1. The van der Waals surface area contributed by atoms with E-state index in [0.717, 1.165) is 19.6 Å². The summed E-state index contributed by atoms with van der Waals surface area (Å²) in [6.07, 6.45) is 2.40. The van der Waals surface area contributed by atoms with E-state index in [0.29, 0.717) is 5.41 Å². The molecule has 1 saturated heterocycles. The molecule has 1 radical (unpaired) electrons. The number of hydrogen-bond acceptors (Lipinski definition) is 2. The Hall–Kier alpha value is -0.0800. The predicted octanol–water partition coefficient (Wildman–Crippen LogP) is 1.14. The average Bonchev–Trinajstić information content (AvgIpc) is 2.02. The highest BCUT2D eigenvalue weighted by molar-refractivity contribution is 4.85. The molecular weight excluding hydrogens is 148 g/mol. The van der Waals surface area contributed by atoms with Crippen LogP contribution in [-0.4, -0.2) is 37.6 Å². The van der Waals surface area contributed by atoms with Crippen molar-refractivity contribution in [2.75, 3.05) is 32.7 Å². The lowest BCUT2D eigenvalue weighted by Gasteiger charge is -2.29. The molecule has 1 N–H and O–H groups in total. The fourth-order valence-electron chi connectivity index (χ4n) is 1.30. The Bertz CT molecular complexity index is 120. The number of hydrogen-bond donors (Lipinski definition) is 1. The second-order valence-electron chi connectivity index (χ2n) is 4.62. The third-order valence-electron chi connectivity index (χ3n) is 2.17. The quantitative estimate of drug-likeness (QED) is 0.667. The Morgan fingerprint density at radius 3 is 2.33 bits per heavy atom. The standard InChI is InChI=1S/C10H21N2/c1-10(2,3)4-7-12-8-5-11-6-9-12/h4,11H,5-9H2,1-3H3. The van der Waals surface area contributed by atoms with Crippen LogP contribution < -0.4 is 5.32 Å². The summed E-state index contributed by atoms with van der Waals surface area (Å²) in [6, 6.07) is 0. The van der Waals surface area contributed by atoms with Crippen molar-refractivity contribution in [1.29, 1.82) is 0 Å². The number of nitrogens with zero attached hydrogens (tertiary/aromatic N) is 1. The SMILES string of the molecule is CC(C)(C)[CH]CN1CCNCC1. The third-order valence-corrected chi connectivity index (χ3v) is 2.17. The number of rotatable bonds is 2. The molecule has 1 heterocycles. The molecular formula is C10H21N2. The van der Waals surface area contributed by atoms with Gasteiger partial charge in [-0.05, 0) is 11.8 Å². The molecule has 71 valence electrons. The van der Waals surface area contributed by atoms with Crippen LogP contribution in [0.4, 0.5) is 0 Å². The van der Waals surface area contributed by atoms with Gasteiger partial charge >= 0.3 is 0 Å². The van der Waals surface area contributed by atoms with Crippen LogP contribution in [0.15, 0.2) is 0 Å². The Labute approximate surface area is 76.3 Å². The van der Waals surface area contributed by atoms with E-state index in [-0.39, 0.29) is 0 Å². The first-order valence-corrected chi connectivity index (χ1v) is 4.85. The van der Waals surface area contributed by atoms with Crippen molar-refractivity contribution in [1.82, 2.24) is 10.2 Å². The van der Waals surface area contributed by atoms with Crippen LogP contribution in [-0.2, 0) is 0 Å². The normalized spacial score (nSPS) is 21.2.